The lowest BCUT2D eigenvalue weighted by Crippen LogP contribution is -2.49. The molecule has 4 rings (SSSR count). The summed E-state index contributed by atoms with van der Waals surface area (Å²) in [6, 6.07) is 0. The van der Waals surface area contributed by atoms with Crippen LogP contribution in [0.4, 0.5) is 5.82 Å². The summed E-state index contributed by atoms with van der Waals surface area (Å²) in [5.41, 5.74) is 9.48. The Bertz CT molecular complexity index is 1140. The van der Waals surface area contributed by atoms with Gasteiger partial charge in [0.05, 0.1) is 25.5 Å². The second-order valence-corrected chi connectivity index (χ2v) is 13.3. The van der Waals surface area contributed by atoms with Crippen LogP contribution in [-0.4, -0.2) is 20.1 Å². The maximum atomic E-state index is 5.68. The Labute approximate surface area is 218 Å². The van der Waals surface area contributed by atoms with Gasteiger partial charge < -0.3 is 15.3 Å². The Balaban J connectivity index is 1.48. The van der Waals surface area contributed by atoms with E-state index in [0.717, 1.165) is 30.0 Å². The molecule has 0 aliphatic heterocycles. The van der Waals surface area contributed by atoms with E-state index in [1.165, 1.54) is 49.7 Å². The first-order chi connectivity index (χ1) is 16.8. The molecule has 2 aliphatic carbocycles. The summed E-state index contributed by atoms with van der Waals surface area (Å²) in [7, 11) is 2.01. The van der Waals surface area contributed by atoms with Crippen LogP contribution in [0, 0.1) is 22.7 Å². The molecule has 0 saturated heterocycles. The van der Waals surface area contributed by atoms with Gasteiger partial charge in [0.25, 0.3) is 0 Å². The molecule has 2 fully saturated rings. The van der Waals surface area contributed by atoms with Gasteiger partial charge in [-0.25, -0.2) is 4.57 Å². The van der Waals surface area contributed by atoms with Crippen LogP contribution in [0.15, 0.2) is 36.5 Å². The smallest absolute Gasteiger partial charge is 0.300 e. The fourth-order valence-corrected chi connectivity index (χ4v) is 7.12. The molecule has 0 amide bonds. The van der Waals surface area contributed by atoms with E-state index >= 15 is 0 Å². The molecular weight excluding hydrogens is 446 g/mol. The summed E-state index contributed by atoms with van der Waals surface area (Å²) in [4.78, 5) is 14.6. The van der Waals surface area contributed by atoms with Crippen LogP contribution in [-0.2, 0) is 18.4 Å². The maximum absolute atomic E-state index is 5.68. The van der Waals surface area contributed by atoms with Crippen molar-refractivity contribution < 1.29 is 9.40 Å². The lowest BCUT2D eigenvalue weighted by atomic mass is 9.47. The van der Waals surface area contributed by atoms with Gasteiger partial charge in [-0.3, -0.25) is 4.57 Å². The van der Waals surface area contributed by atoms with Crippen LogP contribution < -0.4 is 4.57 Å². The minimum Gasteiger partial charge on any atom is -0.407 e. The molecule has 6 nitrogen and oxygen atoms in total. The zero-order chi connectivity index (χ0) is 26.3. The summed E-state index contributed by atoms with van der Waals surface area (Å²) in [5, 5.41) is 0. The van der Waals surface area contributed by atoms with Gasteiger partial charge in [0.2, 0.25) is 0 Å². The summed E-state index contributed by atoms with van der Waals surface area (Å²) < 4.78 is 4.19. The van der Waals surface area contributed by atoms with Gasteiger partial charge in [-0.1, -0.05) is 51.0 Å². The minimum absolute atomic E-state index is 0.375. The van der Waals surface area contributed by atoms with Crippen LogP contribution in [0.5, 0.6) is 0 Å². The molecule has 36 heavy (non-hydrogen) atoms. The molecule has 2 heterocycles. The van der Waals surface area contributed by atoms with E-state index in [2.05, 4.69) is 66.7 Å². The van der Waals surface area contributed by atoms with E-state index in [1.807, 2.05) is 32.4 Å². The van der Waals surface area contributed by atoms with E-state index in [4.69, 9.17) is 4.84 Å². The van der Waals surface area contributed by atoms with Gasteiger partial charge in [0.15, 0.2) is 11.8 Å². The number of fused-ring (bicyclic) bond motifs is 2. The van der Waals surface area contributed by atoms with Crippen LogP contribution >= 0.6 is 0 Å². The molecule has 0 radical (unpaired) electrons. The Kier molecular flexibility index (Phi) is 7.40. The number of allylic oxidation sites excluding steroid dienone is 3. The average molecular weight is 494 g/mol. The first kappa shape index (κ1) is 26.8. The van der Waals surface area contributed by atoms with Gasteiger partial charge in [-0.15, -0.1) is 4.98 Å². The van der Waals surface area contributed by atoms with Gasteiger partial charge >= 0.3 is 5.65 Å². The monoisotopic (exact) mass is 493 g/mol. The number of hydrogen-bond acceptors (Lipinski definition) is 3. The first-order valence-corrected chi connectivity index (χ1v) is 13.7. The fraction of sp³-hybridized carbons (Fsp3) is 0.700. The molecule has 0 bridgehead atoms. The SMILES string of the molecule is C=C1CC[C@H]2C(C)(C)CCC[C@]2(C)[C@H]1CC/C(C)=C/Cn1c[n+](C)c2ncnc([N-]OC(C)(C)C)c21. The summed E-state index contributed by atoms with van der Waals surface area (Å²) in [6.07, 6.45) is 14.9. The highest BCUT2D eigenvalue weighted by Crippen LogP contribution is 2.61. The summed E-state index contributed by atoms with van der Waals surface area (Å²) in [6.45, 7) is 21.1. The third-order valence-electron chi connectivity index (χ3n) is 8.91. The van der Waals surface area contributed by atoms with Crippen LogP contribution in [0.3, 0.4) is 0 Å². The summed E-state index contributed by atoms with van der Waals surface area (Å²) >= 11 is 0. The highest BCUT2D eigenvalue weighted by atomic mass is 16.7. The largest absolute Gasteiger partial charge is 0.407 e. The van der Waals surface area contributed by atoms with Gasteiger partial charge in [0, 0.05) is 5.82 Å². The third kappa shape index (κ3) is 5.39. The van der Waals surface area contributed by atoms with Crippen LogP contribution in [0.25, 0.3) is 16.6 Å². The molecule has 2 aromatic heterocycles. The standard InChI is InChI=1S/C30H47N5O/c1-21(11-13-23-22(2)12-14-24-29(6,7)16-10-17-30(23,24)8)15-18-35-20-34(9)27-25(35)26(31-19-32-27)33-36-28(3,4)5/h15,19-20,23-24H,2,10-14,16-18H2,1,3-9H3/b21-15+/t23-,24-,30+/m0/s1. The van der Waals surface area contributed by atoms with Crippen LogP contribution in [0.2, 0.25) is 0 Å². The molecule has 0 N–H and O–H groups in total. The number of nitrogens with zero attached hydrogens (tertiary/aromatic N) is 5. The number of aryl methyl sites for hydroxylation is 1. The number of aromatic nitrogens is 4. The molecular formula is C30H47N5O. The number of rotatable bonds is 7. The van der Waals surface area contributed by atoms with Crippen LogP contribution in [0.1, 0.15) is 93.4 Å². The van der Waals surface area contributed by atoms with E-state index in [0.29, 0.717) is 22.6 Å². The molecule has 3 atom stereocenters. The van der Waals surface area contributed by atoms with Crippen molar-refractivity contribution in [3.63, 3.8) is 0 Å². The van der Waals surface area contributed by atoms with E-state index in [9.17, 15) is 0 Å². The van der Waals surface area contributed by atoms with Crippen molar-refractivity contribution in [2.45, 2.75) is 106 Å². The first-order valence-electron chi connectivity index (χ1n) is 13.7. The van der Waals surface area contributed by atoms with Gasteiger partial charge in [-0.2, -0.15) is 0 Å². The Morgan fingerprint density at radius 1 is 1.28 bits per heavy atom. The number of hydrogen-bond donors (Lipinski definition) is 0. The maximum Gasteiger partial charge on any atom is 0.300 e. The molecule has 2 saturated carbocycles. The molecule has 2 aliphatic rings. The van der Waals surface area contributed by atoms with Crippen molar-refractivity contribution in [1.82, 2.24) is 14.5 Å². The molecule has 198 valence electrons. The molecule has 2 aromatic rings. The Morgan fingerprint density at radius 3 is 2.75 bits per heavy atom. The van der Waals surface area contributed by atoms with E-state index in [1.54, 1.807) is 6.33 Å². The summed E-state index contributed by atoms with van der Waals surface area (Å²) in [5.74, 6) is 2.00. The minimum atomic E-state index is -0.375. The van der Waals surface area contributed by atoms with Crippen molar-refractivity contribution in [3.8, 4) is 0 Å². The lowest BCUT2D eigenvalue weighted by Gasteiger charge is -2.58. The van der Waals surface area contributed by atoms with Gasteiger partial charge in [-0.05, 0) is 88.9 Å². The topological polar surface area (TPSA) is 57.9 Å². The highest BCUT2D eigenvalue weighted by molar-refractivity contribution is 5.81. The average Bonchev–Trinajstić information content (AvgIpc) is 3.11. The zero-order valence-electron chi connectivity index (χ0n) is 23.9. The highest BCUT2D eigenvalue weighted by Gasteiger charge is 2.52. The second kappa shape index (κ2) is 9.92. The Morgan fingerprint density at radius 2 is 2.03 bits per heavy atom. The molecule has 0 spiro atoms. The second-order valence-electron chi connectivity index (χ2n) is 13.3. The normalized spacial score (nSPS) is 26.8. The predicted octanol–water partition coefficient (Wildman–Crippen LogP) is 7.52. The van der Waals surface area contributed by atoms with Crippen molar-refractivity contribution in [1.29, 1.82) is 0 Å². The third-order valence-corrected chi connectivity index (χ3v) is 8.91. The van der Waals surface area contributed by atoms with Crippen molar-refractivity contribution in [2.75, 3.05) is 0 Å². The van der Waals surface area contributed by atoms with Gasteiger partial charge in [0.1, 0.15) is 0 Å². The number of imidazole rings is 1. The van der Waals surface area contributed by atoms with E-state index < -0.39 is 0 Å². The van der Waals surface area contributed by atoms with Crippen molar-refractivity contribution in [2.24, 2.45) is 29.7 Å². The molecule has 0 aromatic carbocycles. The fourth-order valence-electron chi connectivity index (χ4n) is 7.12. The molecule has 6 heteroatoms. The van der Waals surface area contributed by atoms with Crippen molar-refractivity contribution >= 4 is 17.0 Å². The zero-order valence-corrected chi connectivity index (χ0v) is 23.9. The lowest BCUT2D eigenvalue weighted by molar-refractivity contribution is -0.647. The quantitative estimate of drug-likeness (QED) is 0.228. The Hall–Kier alpha value is -2.21. The molecule has 0 unspecified atom stereocenters. The van der Waals surface area contributed by atoms with E-state index in [-0.39, 0.29) is 5.60 Å². The predicted molar refractivity (Wildman–Crippen MR) is 147 cm³/mol. The van der Waals surface area contributed by atoms with Crippen molar-refractivity contribution in [3.05, 3.63) is 41.9 Å².